The number of hydrogen-bond donors (Lipinski definition) is 2. The van der Waals surface area contributed by atoms with Crippen molar-refractivity contribution in [1.82, 2.24) is 43.3 Å². The summed E-state index contributed by atoms with van der Waals surface area (Å²) in [7, 11) is 14.6. The van der Waals surface area contributed by atoms with E-state index in [1.54, 1.807) is 64.2 Å². The lowest BCUT2D eigenvalue weighted by molar-refractivity contribution is -0.383. The first-order valence-electron chi connectivity index (χ1n) is 33.8. The van der Waals surface area contributed by atoms with Crippen molar-refractivity contribution in [3.8, 4) is 5.69 Å². The minimum Gasteiger partial charge on any atom is -0.378 e. The van der Waals surface area contributed by atoms with E-state index >= 15 is 0 Å². The smallest absolute Gasteiger partial charge is 0.293 e. The lowest BCUT2D eigenvalue weighted by atomic mass is 9.87. The molecule has 35 nitrogen and oxygen atoms in total. The Balaban J connectivity index is 0.000000218. The summed E-state index contributed by atoms with van der Waals surface area (Å²) in [5, 5.41) is 29.6. The molecular weight excluding hydrogens is 2100 g/mol. The van der Waals surface area contributed by atoms with Crippen LogP contribution in [-0.2, 0) is 98.7 Å². The van der Waals surface area contributed by atoms with Crippen LogP contribution in [0.2, 0.25) is 0 Å². The summed E-state index contributed by atoms with van der Waals surface area (Å²) >= 11 is 4.21. The molecule has 7 aromatic carbocycles. The van der Waals surface area contributed by atoms with Crippen molar-refractivity contribution < 1.29 is 94.7 Å². The molecule has 1 aliphatic rings. The van der Waals surface area contributed by atoms with Crippen molar-refractivity contribution in [3.63, 3.8) is 0 Å². The van der Waals surface area contributed by atoms with Crippen molar-refractivity contribution in [2.45, 2.75) is 91.0 Å². The third-order valence-electron chi connectivity index (χ3n) is 16.2. The molecule has 56 heteroatoms. The summed E-state index contributed by atoms with van der Waals surface area (Å²) in [6, 6.07) is 42.2. The molecule has 14 rings (SSSR count). The van der Waals surface area contributed by atoms with Crippen LogP contribution in [0, 0.1) is 46.8 Å². The number of H-pyrrole nitrogens is 2. The third-order valence-corrected chi connectivity index (χ3v) is 29.7. The van der Waals surface area contributed by atoms with Gasteiger partial charge < -0.3 is 19.6 Å². The fourth-order valence-electron chi connectivity index (χ4n) is 10.2. The predicted octanol–water partition coefficient (Wildman–Crippen LogP) is 16.6. The van der Waals surface area contributed by atoms with E-state index in [0.29, 0.717) is 46.8 Å². The van der Waals surface area contributed by atoms with Crippen LogP contribution in [0.4, 0.5) is 21.6 Å². The van der Waals surface area contributed by atoms with Crippen molar-refractivity contribution in [3.05, 3.63) is 248 Å². The van der Waals surface area contributed by atoms with Crippen LogP contribution in [0.5, 0.6) is 0 Å². The van der Waals surface area contributed by atoms with E-state index in [2.05, 4.69) is 70.6 Å². The Kier molecular flexibility index (Phi) is 37.3. The molecule has 0 spiro atoms. The van der Waals surface area contributed by atoms with Gasteiger partial charge in [-0.05, 0) is 141 Å². The van der Waals surface area contributed by atoms with Gasteiger partial charge in [-0.25, -0.2) is 89.8 Å². The number of halogens is 11. The number of pyridine rings is 1. The molecule has 0 saturated carbocycles. The van der Waals surface area contributed by atoms with Gasteiger partial charge in [-0.1, -0.05) is 85.2 Å². The Morgan fingerprint density at radius 3 is 1.40 bits per heavy atom. The van der Waals surface area contributed by atoms with Gasteiger partial charge in [-0.15, -0.1) is 0 Å². The molecule has 0 atom stereocenters. The standard InChI is InChI=1S/C10H9ClN2O2S.C10H13ClO2S.C9H11ClN2O3S.2C8H5ClN2O4S.C6H4BrClO2S.C6H4ClFO2S.C6H3ClN2O2S2.C6H9ClN2O2S/c1-8-10(16(11,14)15)7-12-13(8)9-5-3-2-4-6-9;1-10(2,3)8-4-6-9(7-5-8)14(11,12)13;10-16(13,14)8-1-2-9(11-7-8)12-3-5-15-6-4-12;9-16(14,15)7-4-10-5-2-1-3-6(8(5)7)11(12)13;9-16(14,15)7-4-10-8-5(7)2-1-3-6(8)11(12)13;7-5-1-3-6(4-2-5)11(8,9)10;7-11(9,10)6-3-1-5(8)2-4-6;7-13(10,11)4-1-2-5-6(3-4)9-12-8-5;1-4-6(12(7,10)11)5(2)9(3)8-4/h2-7H,1H3;4-7H,1-3H3;1-2,7H,3-6H2;2*1-4,10H;2*1-4H;1-3H;1-3H3. The molecule has 13 aromatic rings. The van der Waals surface area contributed by atoms with Gasteiger partial charge in [0.1, 0.15) is 52.7 Å². The molecule has 125 heavy (non-hydrogen) atoms. The maximum Gasteiger partial charge on any atom is 0.293 e. The number of nitro groups is 2. The summed E-state index contributed by atoms with van der Waals surface area (Å²) in [4.78, 5) is 31.4. The lowest BCUT2D eigenvalue weighted by Gasteiger charge is -2.27. The van der Waals surface area contributed by atoms with Crippen molar-refractivity contribution in [2.24, 2.45) is 7.05 Å². The van der Waals surface area contributed by atoms with Crippen molar-refractivity contribution >= 4 is 255 Å². The number of anilines is 1. The van der Waals surface area contributed by atoms with Crippen molar-refractivity contribution in [1.29, 1.82) is 0 Å². The zero-order valence-electron chi connectivity index (χ0n) is 64.4. The number of non-ortho nitro benzene ring substituents is 2. The van der Waals surface area contributed by atoms with Crippen LogP contribution in [0.25, 0.3) is 38.5 Å². The number of nitro benzene ring substituents is 2. The molecular formula is C69H63BrCl9FN12O23S10. The van der Waals surface area contributed by atoms with Crippen LogP contribution in [0.1, 0.15) is 43.4 Å². The Bertz CT molecular complexity index is 7100. The fourth-order valence-corrected chi connectivity index (χ4v) is 19.4. The molecule has 0 unspecified atom stereocenters. The van der Waals surface area contributed by atoms with Gasteiger partial charge in [-0.3, -0.25) is 24.9 Å². The van der Waals surface area contributed by atoms with Gasteiger partial charge in [0.25, 0.3) is 92.8 Å². The maximum absolute atomic E-state index is 12.2. The van der Waals surface area contributed by atoms with Crippen LogP contribution >= 0.6 is 124 Å². The molecule has 7 heterocycles. The lowest BCUT2D eigenvalue weighted by Crippen LogP contribution is -2.36. The zero-order chi connectivity index (χ0) is 94.1. The van der Waals surface area contributed by atoms with E-state index in [9.17, 15) is 100 Å². The SMILES string of the molecule is CC(C)(C)c1ccc(S(=O)(=O)Cl)cc1.Cc1c(S(=O)(=O)Cl)cnn1-c1ccccc1.Cc1nn(C)c(C)c1S(=O)(=O)Cl.O=S(=O)(Cl)c1ccc(Br)cc1.O=S(=O)(Cl)c1ccc(F)cc1.O=S(=O)(Cl)c1ccc(N2CCOCC2)nc1.O=S(=O)(Cl)c1ccc2nsnc2c1.O=[N+]([O-])c1cccc2[nH]cc(S(=O)(=O)Cl)c12.O=[N+]([O-])c1cccc2c(S(=O)(=O)Cl)c[nH]c12. The molecule has 1 fully saturated rings. The molecule has 0 radical (unpaired) electrons. The van der Waals surface area contributed by atoms with E-state index in [-0.39, 0.29) is 77.1 Å². The van der Waals surface area contributed by atoms with Crippen molar-refractivity contribution in [2.75, 3.05) is 31.2 Å². The fraction of sp³-hybridized carbons (Fsp3) is 0.174. The Hall–Kier alpha value is -7.86. The first-order valence-corrected chi connectivity index (χ1v) is 56.1. The summed E-state index contributed by atoms with van der Waals surface area (Å²) in [6.07, 6.45) is 4.80. The van der Waals surface area contributed by atoms with Crippen LogP contribution in [0.15, 0.2) is 243 Å². The number of ether oxygens (including phenoxy) is 1. The average Bonchev–Trinajstić information content (AvgIpc) is 1.65. The van der Waals surface area contributed by atoms with Gasteiger partial charge in [0, 0.05) is 157 Å². The predicted molar refractivity (Wildman–Crippen MR) is 479 cm³/mol. The second-order valence-electron chi connectivity index (χ2n) is 25.7. The number of nitrogens with one attached hydrogen (secondary N) is 2. The normalized spacial score (nSPS) is 12.6. The highest BCUT2D eigenvalue weighted by atomic mass is 79.9. The quantitative estimate of drug-likeness (QED) is 0.0615. The monoisotopic (exact) mass is 2160 g/mol. The highest BCUT2D eigenvalue weighted by Crippen LogP contribution is 2.35. The molecule has 0 amide bonds. The van der Waals surface area contributed by atoms with Gasteiger partial charge in [-0.2, -0.15) is 18.9 Å². The largest absolute Gasteiger partial charge is 0.378 e. The van der Waals surface area contributed by atoms with Gasteiger partial charge in [0.15, 0.2) is 0 Å². The summed E-state index contributed by atoms with van der Waals surface area (Å²) < 4.78 is 227. The van der Waals surface area contributed by atoms with E-state index in [4.69, 9.17) is 101 Å². The van der Waals surface area contributed by atoms with E-state index in [1.807, 2.05) is 35.2 Å². The molecule has 0 aliphatic carbocycles. The number of aryl methyl sites for hydroxylation is 2. The number of benzene rings is 7. The number of aromatic amines is 2. The van der Waals surface area contributed by atoms with Crippen LogP contribution in [-0.4, -0.2) is 155 Å². The molecule has 674 valence electrons. The maximum atomic E-state index is 12.2. The van der Waals surface area contributed by atoms with E-state index in [0.717, 1.165) is 83.0 Å². The molecule has 1 saturated heterocycles. The minimum absolute atomic E-state index is 0.00231. The molecule has 2 N–H and O–H groups in total. The summed E-state index contributed by atoms with van der Waals surface area (Å²) in [5.41, 5.74) is 4.64. The van der Waals surface area contributed by atoms with Gasteiger partial charge in [0.2, 0.25) is 0 Å². The Morgan fingerprint density at radius 2 is 0.960 bits per heavy atom. The number of fused-ring (bicyclic) bond motifs is 3. The average molecular weight is 2170 g/mol. The zero-order valence-corrected chi connectivity index (χ0v) is 81.0. The third kappa shape index (κ3) is 31.8. The molecule has 1 aliphatic heterocycles. The van der Waals surface area contributed by atoms with Crippen LogP contribution in [0.3, 0.4) is 0 Å². The number of aromatic nitrogens is 9. The topological polar surface area (TPSA) is 512 Å². The number of morpholine rings is 1. The molecule has 6 aromatic heterocycles. The van der Waals surface area contributed by atoms with Gasteiger partial charge >= 0.3 is 0 Å². The number of nitrogens with zero attached hydrogens (tertiary/aromatic N) is 10. The first-order chi connectivity index (χ1) is 57.5. The Labute approximate surface area is 768 Å². The minimum atomic E-state index is -4.01. The Morgan fingerprint density at radius 1 is 0.496 bits per heavy atom. The highest BCUT2D eigenvalue weighted by Gasteiger charge is 2.27. The number of hydrogen-bond acceptors (Lipinski definition) is 30. The summed E-state index contributed by atoms with van der Waals surface area (Å²) in [5.74, 6) is 0.251. The van der Waals surface area contributed by atoms with E-state index < -0.39 is 97.1 Å². The highest BCUT2D eigenvalue weighted by molar-refractivity contribution is 9.10. The summed E-state index contributed by atoms with van der Waals surface area (Å²) in [6.45, 7) is 14.0. The number of para-hydroxylation sites is 2. The second kappa shape index (κ2) is 44.0. The number of rotatable bonds is 13. The first kappa shape index (κ1) is 106. The van der Waals surface area contributed by atoms with Crippen LogP contribution < -0.4 is 4.90 Å². The second-order valence-corrected chi connectivity index (χ2v) is 50.1. The van der Waals surface area contributed by atoms with Gasteiger partial charge in [0.05, 0.1) is 94.2 Å². The van der Waals surface area contributed by atoms with E-state index in [1.165, 1.54) is 101 Å². The molecule has 0 bridgehead atoms.